The van der Waals surface area contributed by atoms with Crippen molar-refractivity contribution in [3.05, 3.63) is 46.4 Å². The Hall–Kier alpha value is -2.70. The maximum Gasteiger partial charge on any atom is 0.330 e. The maximum atomic E-state index is 12.6. The highest BCUT2D eigenvalue weighted by Crippen LogP contribution is 2.26. The van der Waals surface area contributed by atoms with E-state index < -0.39 is 0 Å². The van der Waals surface area contributed by atoms with Crippen molar-refractivity contribution in [3.8, 4) is 0 Å². The molecule has 0 unspecified atom stereocenters. The molecule has 0 N–H and O–H groups in total. The first kappa shape index (κ1) is 16.8. The summed E-state index contributed by atoms with van der Waals surface area (Å²) in [6.45, 7) is 6.73. The van der Waals surface area contributed by atoms with Crippen molar-refractivity contribution in [1.29, 1.82) is 0 Å². The van der Waals surface area contributed by atoms with Gasteiger partial charge in [0.25, 0.3) is 0 Å². The summed E-state index contributed by atoms with van der Waals surface area (Å²) < 4.78 is 3.51. The van der Waals surface area contributed by atoms with Crippen LogP contribution in [0.25, 0.3) is 11.2 Å². The lowest BCUT2D eigenvalue weighted by atomic mass is 9.96. The van der Waals surface area contributed by atoms with E-state index in [9.17, 15) is 4.79 Å². The molecule has 0 aliphatic carbocycles. The minimum atomic E-state index is 0.0170. The monoisotopic (exact) mass is 352 g/mol. The highest BCUT2D eigenvalue weighted by atomic mass is 16.1. The molecule has 0 atom stereocenters. The second kappa shape index (κ2) is 6.55. The van der Waals surface area contributed by atoms with Gasteiger partial charge in [-0.05, 0) is 44.7 Å². The Balaban J connectivity index is 1.51. The number of anilines is 1. The number of fused-ring (bicyclic) bond motifs is 1. The summed E-state index contributed by atoms with van der Waals surface area (Å²) >= 11 is 0. The molecule has 4 rings (SSSR count). The van der Waals surface area contributed by atoms with E-state index in [0.717, 1.165) is 60.7 Å². The van der Waals surface area contributed by atoms with E-state index in [4.69, 9.17) is 0 Å². The highest BCUT2D eigenvalue weighted by Gasteiger charge is 2.24. The SMILES string of the molecule is Cc1ncnc(N2CCC(Cn3c(=O)n(C)c4cccnc43)CC2)c1C. The minimum absolute atomic E-state index is 0.0170. The van der Waals surface area contributed by atoms with Crippen LogP contribution < -0.4 is 10.6 Å². The van der Waals surface area contributed by atoms with E-state index >= 15 is 0 Å². The summed E-state index contributed by atoms with van der Waals surface area (Å²) in [5, 5.41) is 0. The molecule has 3 aromatic rings. The summed E-state index contributed by atoms with van der Waals surface area (Å²) in [4.78, 5) is 28.1. The first-order valence-corrected chi connectivity index (χ1v) is 9.09. The van der Waals surface area contributed by atoms with Gasteiger partial charge in [0.1, 0.15) is 12.1 Å². The average Bonchev–Trinajstić information content (AvgIpc) is 2.90. The first-order chi connectivity index (χ1) is 12.6. The summed E-state index contributed by atoms with van der Waals surface area (Å²) in [6, 6.07) is 3.82. The Morgan fingerprint density at radius 1 is 1.15 bits per heavy atom. The molecule has 1 aliphatic heterocycles. The van der Waals surface area contributed by atoms with Gasteiger partial charge in [-0.2, -0.15) is 0 Å². The van der Waals surface area contributed by atoms with Crippen LogP contribution in [-0.2, 0) is 13.6 Å². The topological polar surface area (TPSA) is 68.8 Å². The van der Waals surface area contributed by atoms with E-state index in [1.165, 1.54) is 0 Å². The molecule has 0 aromatic carbocycles. The number of rotatable bonds is 3. The van der Waals surface area contributed by atoms with Crippen LogP contribution in [0.3, 0.4) is 0 Å². The molecule has 0 saturated carbocycles. The Morgan fingerprint density at radius 3 is 2.69 bits per heavy atom. The van der Waals surface area contributed by atoms with Gasteiger partial charge < -0.3 is 4.90 Å². The van der Waals surface area contributed by atoms with Crippen LogP contribution in [0, 0.1) is 19.8 Å². The number of hydrogen-bond donors (Lipinski definition) is 0. The standard InChI is InChI=1S/C19H24N6O/c1-13-14(2)21-12-22-17(13)24-9-6-15(7-10-24)11-25-18-16(5-4-8-20-18)23(3)19(25)26/h4-5,8,12,15H,6-7,9-11H2,1-3H3. The molecule has 1 saturated heterocycles. The lowest BCUT2D eigenvalue weighted by molar-refractivity contribution is 0.354. The highest BCUT2D eigenvalue weighted by molar-refractivity contribution is 5.71. The molecule has 7 heteroatoms. The zero-order chi connectivity index (χ0) is 18.3. The van der Waals surface area contributed by atoms with Gasteiger partial charge in [0.15, 0.2) is 5.65 Å². The quantitative estimate of drug-likeness (QED) is 0.722. The van der Waals surface area contributed by atoms with E-state index in [2.05, 4.69) is 26.8 Å². The molecular formula is C19H24N6O. The zero-order valence-electron chi connectivity index (χ0n) is 15.5. The van der Waals surface area contributed by atoms with Crippen LogP contribution >= 0.6 is 0 Å². The Labute approximate surface area is 152 Å². The molecule has 1 aliphatic rings. The van der Waals surface area contributed by atoms with Crippen LogP contribution in [0.2, 0.25) is 0 Å². The number of imidazole rings is 1. The van der Waals surface area contributed by atoms with Crippen LogP contribution in [0.15, 0.2) is 29.5 Å². The molecular weight excluding hydrogens is 328 g/mol. The van der Waals surface area contributed by atoms with Gasteiger partial charge in [-0.15, -0.1) is 0 Å². The molecule has 136 valence electrons. The van der Waals surface area contributed by atoms with Crippen LogP contribution in [-0.4, -0.2) is 37.2 Å². The molecule has 1 fully saturated rings. The number of aryl methyl sites for hydroxylation is 2. The summed E-state index contributed by atoms with van der Waals surface area (Å²) in [7, 11) is 1.81. The van der Waals surface area contributed by atoms with Crippen molar-refractivity contribution < 1.29 is 0 Å². The van der Waals surface area contributed by atoms with Gasteiger partial charge in [0.05, 0.1) is 5.52 Å². The van der Waals surface area contributed by atoms with Gasteiger partial charge >= 0.3 is 5.69 Å². The molecule has 0 radical (unpaired) electrons. The third-order valence-corrected chi connectivity index (χ3v) is 5.57. The number of nitrogens with zero attached hydrogens (tertiary/aromatic N) is 6. The van der Waals surface area contributed by atoms with Crippen LogP contribution in [0.5, 0.6) is 0 Å². The van der Waals surface area contributed by atoms with E-state index in [-0.39, 0.29) is 5.69 Å². The predicted octanol–water partition coefficient (Wildman–Crippen LogP) is 2.06. The average molecular weight is 352 g/mol. The third kappa shape index (κ3) is 2.77. The second-order valence-electron chi connectivity index (χ2n) is 7.14. The molecule has 3 aromatic heterocycles. The van der Waals surface area contributed by atoms with Crippen molar-refractivity contribution in [3.63, 3.8) is 0 Å². The fourth-order valence-corrected chi connectivity index (χ4v) is 3.83. The van der Waals surface area contributed by atoms with Crippen molar-refractivity contribution in [2.24, 2.45) is 13.0 Å². The van der Waals surface area contributed by atoms with Crippen LogP contribution in [0.4, 0.5) is 5.82 Å². The number of pyridine rings is 1. The number of piperidine rings is 1. The molecule has 7 nitrogen and oxygen atoms in total. The smallest absolute Gasteiger partial charge is 0.330 e. The van der Waals surface area contributed by atoms with Crippen molar-refractivity contribution in [2.45, 2.75) is 33.2 Å². The van der Waals surface area contributed by atoms with Crippen molar-refractivity contribution in [1.82, 2.24) is 24.1 Å². The van der Waals surface area contributed by atoms with E-state index in [1.54, 1.807) is 17.1 Å². The van der Waals surface area contributed by atoms with Crippen LogP contribution in [0.1, 0.15) is 24.1 Å². The van der Waals surface area contributed by atoms with Crippen molar-refractivity contribution >= 4 is 17.0 Å². The second-order valence-corrected chi connectivity index (χ2v) is 7.14. The number of aromatic nitrogens is 5. The normalized spacial score (nSPS) is 15.7. The first-order valence-electron chi connectivity index (χ1n) is 9.09. The fourth-order valence-electron chi connectivity index (χ4n) is 3.83. The largest absolute Gasteiger partial charge is 0.356 e. The zero-order valence-corrected chi connectivity index (χ0v) is 15.5. The van der Waals surface area contributed by atoms with Gasteiger partial charge in [-0.1, -0.05) is 0 Å². The molecule has 4 heterocycles. The molecule has 0 amide bonds. The molecule has 0 spiro atoms. The maximum absolute atomic E-state index is 12.6. The lowest BCUT2D eigenvalue weighted by Gasteiger charge is -2.33. The Morgan fingerprint density at radius 2 is 1.92 bits per heavy atom. The van der Waals surface area contributed by atoms with Gasteiger partial charge in [-0.3, -0.25) is 9.13 Å². The minimum Gasteiger partial charge on any atom is -0.356 e. The van der Waals surface area contributed by atoms with Gasteiger partial charge in [0.2, 0.25) is 0 Å². The number of hydrogen-bond acceptors (Lipinski definition) is 5. The van der Waals surface area contributed by atoms with E-state index in [0.29, 0.717) is 5.92 Å². The Bertz CT molecular complexity index is 997. The van der Waals surface area contributed by atoms with Gasteiger partial charge in [-0.25, -0.2) is 19.7 Å². The predicted molar refractivity (Wildman–Crippen MR) is 101 cm³/mol. The molecule has 0 bridgehead atoms. The van der Waals surface area contributed by atoms with E-state index in [1.807, 2.05) is 30.7 Å². The summed E-state index contributed by atoms with van der Waals surface area (Å²) in [6.07, 6.45) is 5.47. The summed E-state index contributed by atoms with van der Waals surface area (Å²) in [5.74, 6) is 1.51. The Kier molecular flexibility index (Phi) is 4.22. The lowest BCUT2D eigenvalue weighted by Crippen LogP contribution is -2.37. The third-order valence-electron chi connectivity index (χ3n) is 5.57. The van der Waals surface area contributed by atoms with Gasteiger partial charge in [0, 0.05) is 44.1 Å². The summed E-state index contributed by atoms with van der Waals surface area (Å²) in [5.41, 5.74) is 3.88. The fraction of sp³-hybridized carbons (Fsp3) is 0.474. The molecule has 26 heavy (non-hydrogen) atoms. The van der Waals surface area contributed by atoms with Crippen molar-refractivity contribution in [2.75, 3.05) is 18.0 Å².